The average Bonchev–Trinajstić information content (AvgIpc) is 2.04. The summed E-state index contributed by atoms with van der Waals surface area (Å²) in [6, 6.07) is 1.28. The van der Waals surface area contributed by atoms with Gasteiger partial charge in [0.25, 0.3) is 0 Å². The van der Waals surface area contributed by atoms with E-state index in [0.29, 0.717) is 0 Å². The summed E-state index contributed by atoms with van der Waals surface area (Å²) in [5.74, 6) is 2.17. The van der Waals surface area contributed by atoms with Crippen LogP contribution in [0.15, 0.2) is 18.5 Å². The van der Waals surface area contributed by atoms with Gasteiger partial charge >= 0.3 is 6.18 Å². The maximum Gasteiger partial charge on any atom is 0.418 e. The first-order valence-corrected chi connectivity index (χ1v) is 3.49. The van der Waals surface area contributed by atoms with Crippen LogP contribution >= 0.6 is 0 Å². The summed E-state index contributed by atoms with van der Waals surface area (Å²) in [5.41, 5.74) is -0.669. The van der Waals surface area contributed by atoms with Crippen molar-refractivity contribution in [1.29, 1.82) is 0 Å². The molecule has 0 aliphatic rings. The third-order valence-electron chi connectivity index (χ3n) is 1.51. The zero-order valence-corrected chi connectivity index (χ0v) is 6.60. The van der Waals surface area contributed by atoms with E-state index in [1.54, 1.807) is 0 Å². The van der Waals surface area contributed by atoms with E-state index in [-0.39, 0.29) is 12.0 Å². The molecule has 0 aliphatic carbocycles. The number of pyridine rings is 1. The normalized spacial score (nSPS) is 10.9. The molecule has 0 bridgehead atoms. The molecule has 0 atom stereocenters. The van der Waals surface area contributed by atoms with Crippen molar-refractivity contribution < 1.29 is 13.2 Å². The molecule has 0 spiro atoms. The number of hydrogen-bond acceptors (Lipinski definition) is 1. The second kappa shape index (κ2) is 3.48. The first kappa shape index (κ1) is 9.59. The highest BCUT2D eigenvalue weighted by Gasteiger charge is 2.33. The van der Waals surface area contributed by atoms with Crippen LogP contribution in [0.1, 0.15) is 11.1 Å². The Balaban J connectivity index is 3.14. The molecule has 1 aromatic rings. The topological polar surface area (TPSA) is 12.9 Å². The smallest absolute Gasteiger partial charge is 0.264 e. The maximum atomic E-state index is 12.3. The number of halogens is 3. The Hall–Kier alpha value is -1.50. The molecule has 0 aliphatic heterocycles. The first-order chi connectivity index (χ1) is 6.05. The van der Waals surface area contributed by atoms with E-state index in [9.17, 15) is 13.2 Å². The second-order valence-electron chi connectivity index (χ2n) is 2.41. The van der Waals surface area contributed by atoms with Crippen molar-refractivity contribution in [2.45, 2.75) is 12.6 Å². The van der Waals surface area contributed by atoms with Crippen LogP contribution in [0.25, 0.3) is 0 Å². The third-order valence-corrected chi connectivity index (χ3v) is 1.51. The Labute approximate surface area is 73.6 Å². The fraction of sp³-hybridized carbons (Fsp3) is 0.222. The first-order valence-electron chi connectivity index (χ1n) is 3.49. The molecule has 68 valence electrons. The van der Waals surface area contributed by atoms with E-state index in [1.165, 1.54) is 12.3 Å². The summed E-state index contributed by atoms with van der Waals surface area (Å²) in [6.45, 7) is 0. The zero-order valence-electron chi connectivity index (χ0n) is 6.60. The van der Waals surface area contributed by atoms with E-state index in [2.05, 4.69) is 10.9 Å². The summed E-state index contributed by atoms with van der Waals surface area (Å²) in [7, 11) is 0. The largest absolute Gasteiger partial charge is 0.418 e. The van der Waals surface area contributed by atoms with Crippen LogP contribution in [-0.2, 0) is 12.6 Å². The lowest BCUT2D eigenvalue weighted by Crippen LogP contribution is -2.09. The molecule has 1 rings (SSSR count). The lowest BCUT2D eigenvalue weighted by Gasteiger charge is -2.09. The van der Waals surface area contributed by atoms with Gasteiger partial charge in [0, 0.05) is 18.8 Å². The Morgan fingerprint density at radius 3 is 2.69 bits per heavy atom. The van der Waals surface area contributed by atoms with Gasteiger partial charge in [0.2, 0.25) is 0 Å². The van der Waals surface area contributed by atoms with E-state index >= 15 is 0 Å². The molecule has 0 N–H and O–H groups in total. The summed E-state index contributed by atoms with van der Waals surface area (Å²) in [4.78, 5) is 3.41. The van der Waals surface area contributed by atoms with Crippen molar-refractivity contribution in [3.05, 3.63) is 29.6 Å². The van der Waals surface area contributed by atoms with Crippen molar-refractivity contribution >= 4 is 0 Å². The van der Waals surface area contributed by atoms with Crippen LogP contribution < -0.4 is 0 Å². The molecule has 0 fully saturated rings. The summed E-state index contributed by atoms with van der Waals surface area (Å²) in [5, 5.41) is 0. The van der Waals surface area contributed by atoms with E-state index in [1.807, 2.05) is 0 Å². The quantitative estimate of drug-likeness (QED) is 0.611. The fourth-order valence-corrected chi connectivity index (χ4v) is 0.943. The Kier molecular flexibility index (Phi) is 2.57. The Morgan fingerprint density at radius 1 is 1.46 bits per heavy atom. The number of rotatable bonds is 1. The zero-order chi connectivity index (χ0) is 9.90. The summed E-state index contributed by atoms with van der Waals surface area (Å²) >= 11 is 0. The minimum atomic E-state index is -4.37. The minimum Gasteiger partial charge on any atom is -0.264 e. The van der Waals surface area contributed by atoms with Crippen LogP contribution in [0.2, 0.25) is 0 Å². The molecule has 0 radical (unpaired) electrons. The molecule has 1 nitrogen and oxygen atoms in total. The number of hydrogen-bond donors (Lipinski definition) is 0. The molecule has 0 aromatic carbocycles. The van der Waals surface area contributed by atoms with Gasteiger partial charge in [-0.3, -0.25) is 4.98 Å². The van der Waals surface area contributed by atoms with Crippen molar-refractivity contribution in [1.82, 2.24) is 4.98 Å². The Bertz CT molecular complexity index is 335. The van der Waals surface area contributed by atoms with E-state index < -0.39 is 11.7 Å². The standard InChI is InChI=1S/C9H6F3N/c1-2-3-7-4-5-13-6-8(7)9(10,11)12/h1,4-6H,3H2. The second-order valence-corrected chi connectivity index (χ2v) is 2.41. The number of alkyl halides is 3. The molecular formula is C9H6F3N. The van der Waals surface area contributed by atoms with Crippen LogP contribution in [0.5, 0.6) is 0 Å². The van der Waals surface area contributed by atoms with Crippen molar-refractivity contribution in [3.63, 3.8) is 0 Å². The van der Waals surface area contributed by atoms with Crippen molar-refractivity contribution in [3.8, 4) is 12.3 Å². The molecular weight excluding hydrogens is 179 g/mol. The predicted octanol–water partition coefficient (Wildman–Crippen LogP) is 2.28. The van der Waals surface area contributed by atoms with Gasteiger partial charge in [-0.25, -0.2) is 0 Å². The minimum absolute atomic E-state index is 0.0304. The van der Waals surface area contributed by atoms with Gasteiger partial charge in [0.05, 0.1) is 5.56 Å². The molecule has 1 aromatic heterocycles. The predicted molar refractivity (Wildman–Crippen MR) is 41.8 cm³/mol. The molecule has 1 heterocycles. The van der Waals surface area contributed by atoms with Gasteiger partial charge in [-0.15, -0.1) is 12.3 Å². The maximum absolute atomic E-state index is 12.3. The highest BCUT2D eigenvalue weighted by Crippen LogP contribution is 2.31. The molecule has 0 unspecified atom stereocenters. The van der Waals surface area contributed by atoms with Crippen LogP contribution in [-0.4, -0.2) is 4.98 Å². The SMILES string of the molecule is C#CCc1ccncc1C(F)(F)F. The van der Waals surface area contributed by atoms with Crippen molar-refractivity contribution in [2.24, 2.45) is 0 Å². The van der Waals surface area contributed by atoms with E-state index in [0.717, 1.165) is 6.20 Å². The molecule has 13 heavy (non-hydrogen) atoms. The molecule has 0 saturated heterocycles. The van der Waals surface area contributed by atoms with Gasteiger partial charge in [0.15, 0.2) is 0 Å². The van der Waals surface area contributed by atoms with Gasteiger partial charge in [-0.1, -0.05) is 0 Å². The van der Waals surface area contributed by atoms with Gasteiger partial charge < -0.3 is 0 Å². The summed E-state index contributed by atoms with van der Waals surface area (Å²) < 4.78 is 36.8. The number of nitrogens with zero attached hydrogens (tertiary/aromatic N) is 1. The lowest BCUT2D eigenvalue weighted by atomic mass is 10.1. The summed E-state index contributed by atoms with van der Waals surface area (Å²) in [6.07, 6.45) is 2.61. The number of terminal acetylenes is 1. The lowest BCUT2D eigenvalue weighted by molar-refractivity contribution is -0.138. The van der Waals surface area contributed by atoms with Crippen LogP contribution in [0.4, 0.5) is 13.2 Å². The molecule has 4 heteroatoms. The van der Waals surface area contributed by atoms with Gasteiger partial charge in [0.1, 0.15) is 0 Å². The monoisotopic (exact) mass is 185 g/mol. The molecule has 0 saturated carbocycles. The third kappa shape index (κ3) is 2.22. The Morgan fingerprint density at radius 2 is 2.15 bits per heavy atom. The van der Waals surface area contributed by atoms with Gasteiger partial charge in [-0.05, 0) is 11.6 Å². The van der Waals surface area contributed by atoms with E-state index in [4.69, 9.17) is 6.42 Å². The highest BCUT2D eigenvalue weighted by molar-refractivity contribution is 5.29. The van der Waals surface area contributed by atoms with Crippen LogP contribution in [0.3, 0.4) is 0 Å². The molecule has 0 amide bonds. The fourth-order valence-electron chi connectivity index (χ4n) is 0.943. The number of aromatic nitrogens is 1. The van der Waals surface area contributed by atoms with Crippen molar-refractivity contribution in [2.75, 3.05) is 0 Å². The van der Waals surface area contributed by atoms with Gasteiger partial charge in [-0.2, -0.15) is 13.2 Å². The van der Waals surface area contributed by atoms with Crippen LogP contribution in [0, 0.1) is 12.3 Å². The highest BCUT2D eigenvalue weighted by atomic mass is 19.4. The average molecular weight is 185 g/mol.